The number of hydrogen-bond donors (Lipinski definition) is 0. The van der Waals surface area contributed by atoms with Gasteiger partial charge in [0.1, 0.15) is 6.61 Å². The largest absolute Gasteiger partial charge is 0.489 e. The average Bonchev–Trinajstić information content (AvgIpc) is 3.08. The van der Waals surface area contributed by atoms with Crippen LogP contribution in [-0.2, 0) is 9.53 Å². The van der Waals surface area contributed by atoms with Crippen molar-refractivity contribution in [2.45, 2.75) is 79.1 Å². The average molecular weight is 388 g/mol. The number of nitrogens with zero attached hydrogens (tertiary/aromatic N) is 1. The molecular weight excluding hydrogens is 346 g/mol. The van der Waals surface area contributed by atoms with Crippen molar-refractivity contribution in [3.05, 3.63) is 11.8 Å². The normalized spacial score (nSPS) is 42.6. The highest BCUT2D eigenvalue weighted by Crippen LogP contribution is 2.65. The van der Waals surface area contributed by atoms with Crippen molar-refractivity contribution in [3.8, 4) is 0 Å². The van der Waals surface area contributed by atoms with E-state index in [9.17, 15) is 4.79 Å². The zero-order chi connectivity index (χ0) is 19.9. The molecule has 0 bridgehead atoms. The molecule has 3 heteroatoms. The topological polar surface area (TPSA) is 29.5 Å². The maximum atomic E-state index is 12.8. The van der Waals surface area contributed by atoms with E-state index in [1.165, 1.54) is 44.9 Å². The number of carbonyl (C=O) groups is 1. The number of hydrogen-bond acceptors (Lipinski definition) is 3. The first kappa shape index (κ1) is 20.4. The zero-order valence-corrected chi connectivity index (χ0v) is 18.6. The minimum atomic E-state index is 0.158. The lowest BCUT2D eigenvalue weighted by Crippen LogP contribution is -2.52. The molecule has 0 heterocycles. The van der Waals surface area contributed by atoms with Crippen LogP contribution in [0.25, 0.3) is 0 Å². The minimum absolute atomic E-state index is 0.158. The molecule has 4 rings (SSSR count). The third kappa shape index (κ3) is 3.36. The Balaban J connectivity index is 1.52. The summed E-state index contributed by atoms with van der Waals surface area (Å²) >= 11 is 0. The fourth-order valence-corrected chi connectivity index (χ4v) is 7.64. The van der Waals surface area contributed by atoms with Gasteiger partial charge in [-0.15, -0.1) is 0 Å². The number of ether oxygens (including phenoxy) is 1. The molecule has 1 unspecified atom stereocenters. The molecule has 3 fully saturated rings. The fraction of sp³-hybridized carbons (Fsp3) is 0.880. The predicted octanol–water partition coefficient (Wildman–Crippen LogP) is 5.45. The maximum absolute atomic E-state index is 12.8. The van der Waals surface area contributed by atoms with Crippen LogP contribution in [0, 0.1) is 34.5 Å². The van der Waals surface area contributed by atoms with Gasteiger partial charge in [-0.25, -0.2) is 0 Å². The molecule has 0 N–H and O–H groups in total. The summed E-state index contributed by atoms with van der Waals surface area (Å²) in [5.74, 6) is 4.00. The van der Waals surface area contributed by atoms with Gasteiger partial charge in [-0.05, 0) is 92.2 Å². The molecule has 0 spiro atoms. The fourth-order valence-electron chi connectivity index (χ4n) is 7.64. The minimum Gasteiger partial charge on any atom is -0.489 e. The van der Waals surface area contributed by atoms with E-state index < -0.39 is 0 Å². The van der Waals surface area contributed by atoms with Crippen molar-refractivity contribution in [1.29, 1.82) is 0 Å². The number of allylic oxidation sites excluding steroid dienone is 2. The van der Waals surface area contributed by atoms with Gasteiger partial charge in [-0.3, -0.25) is 4.79 Å². The quantitative estimate of drug-likeness (QED) is 0.607. The van der Waals surface area contributed by atoms with Crippen LogP contribution in [0.1, 0.15) is 79.1 Å². The van der Waals surface area contributed by atoms with E-state index in [0.717, 1.165) is 37.4 Å². The van der Waals surface area contributed by atoms with Crippen LogP contribution in [0.15, 0.2) is 11.8 Å². The second-order valence-electron chi connectivity index (χ2n) is 10.6. The molecule has 3 nitrogen and oxygen atoms in total. The first-order chi connectivity index (χ1) is 13.4. The van der Waals surface area contributed by atoms with Gasteiger partial charge in [-0.1, -0.05) is 34.1 Å². The van der Waals surface area contributed by atoms with Gasteiger partial charge in [0.2, 0.25) is 0 Å². The molecule has 0 amide bonds. The Morgan fingerprint density at radius 2 is 1.86 bits per heavy atom. The molecule has 3 saturated carbocycles. The monoisotopic (exact) mass is 387 g/mol. The van der Waals surface area contributed by atoms with Crippen LogP contribution in [0.5, 0.6) is 0 Å². The summed E-state index contributed by atoms with van der Waals surface area (Å²) in [5, 5.41) is 0. The number of fused-ring (bicyclic) bond motifs is 5. The molecule has 0 aliphatic heterocycles. The van der Waals surface area contributed by atoms with Gasteiger partial charge < -0.3 is 9.64 Å². The van der Waals surface area contributed by atoms with E-state index in [1.807, 2.05) is 0 Å². The van der Waals surface area contributed by atoms with E-state index in [0.29, 0.717) is 30.1 Å². The van der Waals surface area contributed by atoms with Gasteiger partial charge in [0.15, 0.2) is 11.5 Å². The first-order valence-electron chi connectivity index (χ1n) is 12.0. The van der Waals surface area contributed by atoms with Crippen LogP contribution in [0.4, 0.5) is 0 Å². The molecule has 158 valence electrons. The molecular formula is C25H41NO2. The Kier molecular flexibility index (Phi) is 5.68. The van der Waals surface area contributed by atoms with E-state index >= 15 is 0 Å². The van der Waals surface area contributed by atoms with Crippen molar-refractivity contribution in [2.75, 3.05) is 26.2 Å². The molecule has 0 aromatic heterocycles. The van der Waals surface area contributed by atoms with Gasteiger partial charge >= 0.3 is 0 Å². The smallest absolute Gasteiger partial charge is 0.197 e. The van der Waals surface area contributed by atoms with Crippen molar-refractivity contribution < 1.29 is 9.53 Å². The van der Waals surface area contributed by atoms with E-state index in [2.05, 4.69) is 38.7 Å². The molecule has 0 radical (unpaired) electrons. The Hall–Kier alpha value is -0.830. The number of ketones is 1. The van der Waals surface area contributed by atoms with Crippen LogP contribution < -0.4 is 0 Å². The lowest BCUT2D eigenvalue weighted by molar-refractivity contribution is -0.127. The standard InChI is InChI=1S/C25H41NO2/c1-5-26(6-2)14-15-28-23-17-25(4)18(16-22(23)27)9-10-19-20-8-7-12-24(20,3)13-11-21(19)25/h17-21H,5-16H2,1-4H3/t18?,19-,20-,21-,24-,25-/m0/s1. The lowest BCUT2D eigenvalue weighted by atomic mass is 9.46. The van der Waals surface area contributed by atoms with Crippen molar-refractivity contribution >= 4 is 5.78 Å². The Bertz CT molecular complexity index is 624. The molecule has 4 aliphatic rings. The molecule has 4 aliphatic carbocycles. The molecule has 6 atom stereocenters. The summed E-state index contributed by atoms with van der Waals surface area (Å²) in [5.41, 5.74) is 0.757. The van der Waals surface area contributed by atoms with Crippen molar-refractivity contribution in [1.82, 2.24) is 4.90 Å². The van der Waals surface area contributed by atoms with Gasteiger partial charge in [0.25, 0.3) is 0 Å². The summed E-state index contributed by atoms with van der Waals surface area (Å²) in [4.78, 5) is 15.2. The SMILES string of the molecule is CCN(CC)CCOC1=C[C@@]2(C)C(CC[C@H]3[C@@H]4CCC[C@@]4(C)CC[C@@H]32)CC1=O. The number of Topliss-reactive ketones (excluding diaryl/α,β-unsaturated/α-hetero) is 1. The van der Waals surface area contributed by atoms with E-state index in [1.54, 1.807) is 0 Å². The van der Waals surface area contributed by atoms with Crippen LogP contribution in [0.3, 0.4) is 0 Å². The lowest BCUT2D eigenvalue weighted by Gasteiger charge is -2.58. The summed E-state index contributed by atoms with van der Waals surface area (Å²) < 4.78 is 6.10. The maximum Gasteiger partial charge on any atom is 0.197 e. The number of carbonyl (C=O) groups excluding carboxylic acids is 1. The first-order valence-corrected chi connectivity index (χ1v) is 12.0. The third-order valence-electron chi connectivity index (χ3n) is 9.45. The predicted molar refractivity (Wildman–Crippen MR) is 114 cm³/mol. The number of rotatable bonds is 6. The highest BCUT2D eigenvalue weighted by atomic mass is 16.5. The highest BCUT2D eigenvalue weighted by molar-refractivity contribution is 5.94. The third-order valence-corrected chi connectivity index (χ3v) is 9.45. The van der Waals surface area contributed by atoms with Crippen LogP contribution in [-0.4, -0.2) is 36.9 Å². The van der Waals surface area contributed by atoms with E-state index in [4.69, 9.17) is 4.74 Å². The van der Waals surface area contributed by atoms with Crippen molar-refractivity contribution in [3.63, 3.8) is 0 Å². The highest BCUT2D eigenvalue weighted by Gasteiger charge is 2.57. The molecule has 0 saturated heterocycles. The summed E-state index contributed by atoms with van der Waals surface area (Å²) in [6.45, 7) is 13.0. The van der Waals surface area contributed by atoms with Crippen molar-refractivity contribution in [2.24, 2.45) is 34.5 Å². The van der Waals surface area contributed by atoms with Crippen LogP contribution >= 0.6 is 0 Å². The summed E-state index contributed by atoms with van der Waals surface area (Å²) in [6.07, 6.45) is 12.6. The van der Waals surface area contributed by atoms with Gasteiger partial charge in [0.05, 0.1) is 0 Å². The van der Waals surface area contributed by atoms with Crippen LogP contribution in [0.2, 0.25) is 0 Å². The summed E-state index contributed by atoms with van der Waals surface area (Å²) in [6, 6.07) is 0. The number of likely N-dealkylation sites (N-methyl/N-ethyl adjacent to an activating group) is 1. The van der Waals surface area contributed by atoms with Gasteiger partial charge in [0, 0.05) is 13.0 Å². The zero-order valence-electron chi connectivity index (χ0n) is 18.6. The second kappa shape index (κ2) is 7.78. The summed E-state index contributed by atoms with van der Waals surface area (Å²) in [7, 11) is 0. The Morgan fingerprint density at radius 1 is 1.07 bits per heavy atom. The Labute approximate surface area is 172 Å². The van der Waals surface area contributed by atoms with Gasteiger partial charge in [-0.2, -0.15) is 0 Å². The second-order valence-corrected chi connectivity index (χ2v) is 10.6. The molecule has 0 aromatic carbocycles. The molecule has 28 heavy (non-hydrogen) atoms. The van der Waals surface area contributed by atoms with E-state index in [-0.39, 0.29) is 11.2 Å². The Morgan fingerprint density at radius 3 is 2.61 bits per heavy atom. The molecule has 0 aromatic rings.